The molecular formula is C26H27BrN6O3. The third kappa shape index (κ3) is 4.13. The fourth-order valence-electron chi connectivity index (χ4n) is 4.84. The normalized spacial score (nSPS) is 18.5. The Morgan fingerprint density at radius 3 is 2.78 bits per heavy atom. The number of hydrogen-bond acceptors (Lipinski definition) is 5. The Morgan fingerprint density at radius 1 is 1.14 bits per heavy atom. The lowest BCUT2D eigenvalue weighted by atomic mass is 10.1. The summed E-state index contributed by atoms with van der Waals surface area (Å²) in [6.45, 7) is 3.42. The van der Waals surface area contributed by atoms with E-state index in [1.54, 1.807) is 25.5 Å². The summed E-state index contributed by atoms with van der Waals surface area (Å²) in [6.07, 6.45) is 7.12. The highest BCUT2D eigenvalue weighted by molar-refractivity contribution is 9.10. The van der Waals surface area contributed by atoms with Crippen LogP contribution in [0.15, 0.2) is 45.9 Å². The van der Waals surface area contributed by atoms with Gasteiger partial charge in [0.1, 0.15) is 0 Å². The van der Waals surface area contributed by atoms with E-state index >= 15 is 0 Å². The van der Waals surface area contributed by atoms with Gasteiger partial charge in [0.25, 0.3) is 11.5 Å². The number of aromatic nitrogens is 5. The molecule has 4 heterocycles. The number of nitrogens with zero attached hydrogens (tertiary/aromatic N) is 5. The van der Waals surface area contributed by atoms with Crippen LogP contribution in [0.25, 0.3) is 22.2 Å². The Kier molecular flexibility index (Phi) is 5.70. The first-order valence-electron chi connectivity index (χ1n) is 12.3. The number of carbonyl (C=O) groups excluding carboxylic acids is 1. The van der Waals surface area contributed by atoms with Crippen molar-refractivity contribution in [1.82, 2.24) is 23.9 Å². The number of benzene rings is 1. The summed E-state index contributed by atoms with van der Waals surface area (Å²) in [5.74, 6) is 1.09. The Labute approximate surface area is 216 Å². The molecule has 0 radical (unpaired) electrons. The Balaban J connectivity index is 1.48. The van der Waals surface area contributed by atoms with Crippen LogP contribution >= 0.6 is 15.9 Å². The lowest BCUT2D eigenvalue weighted by Gasteiger charge is -2.16. The molecule has 4 aromatic rings. The monoisotopic (exact) mass is 550 g/mol. The van der Waals surface area contributed by atoms with Gasteiger partial charge in [0.2, 0.25) is 11.8 Å². The molecule has 1 N–H and O–H groups in total. The van der Waals surface area contributed by atoms with Gasteiger partial charge >= 0.3 is 0 Å². The van der Waals surface area contributed by atoms with Crippen molar-refractivity contribution in [2.75, 3.05) is 11.9 Å². The summed E-state index contributed by atoms with van der Waals surface area (Å²) < 4.78 is 12.6. The summed E-state index contributed by atoms with van der Waals surface area (Å²) in [7, 11) is 1.65. The summed E-state index contributed by atoms with van der Waals surface area (Å²) in [4.78, 5) is 31.3. The van der Waals surface area contributed by atoms with Gasteiger partial charge in [0.15, 0.2) is 0 Å². The standard InChI is InChI=1S/C26H27BrN6O3/c1-15-4-3-9-36-25-20(12-28-33(25)18-6-7-18)19-10-16(14-31(2)24(19)35)23(34)30-26-29-21-8-5-17(27)11-22(21)32(26)13-15/h5,8,10-12,14-15,18H,3-4,6-7,9,13H2,1-2H3,(H,29,30,34)/t15-/m1/s1. The minimum atomic E-state index is -0.331. The number of rotatable bonds is 1. The van der Waals surface area contributed by atoms with Gasteiger partial charge in [-0.1, -0.05) is 22.9 Å². The van der Waals surface area contributed by atoms with Crippen molar-refractivity contribution in [3.05, 3.63) is 57.0 Å². The molecule has 2 bridgehead atoms. The van der Waals surface area contributed by atoms with Gasteiger partial charge in [-0.2, -0.15) is 5.10 Å². The molecule has 6 rings (SSSR count). The van der Waals surface area contributed by atoms with Crippen molar-refractivity contribution in [1.29, 1.82) is 0 Å². The zero-order valence-electron chi connectivity index (χ0n) is 20.2. The molecule has 1 aromatic carbocycles. The zero-order valence-corrected chi connectivity index (χ0v) is 21.8. The molecule has 1 aliphatic carbocycles. The van der Waals surface area contributed by atoms with Gasteiger partial charge in [-0.3, -0.25) is 14.9 Å². The van der Waals surface area contributed by atoms with Gasteiger partial charge < -0.3 is 13.9 Å². The number of ether oxygens (including phenoxy) is 1. The van der Waals surface area contributed by atoms with E-state index in [9.17, 15) is 9.59 Å². The second-order valence-electron chi connectivity index (χ2n) is 9.83. The largest absolute Gasteiger partial charge is 0.477 e. The molecule has 10 heteroatoms. The molecule has 0 unspecified atom stereocenters. The number of nitrogens with one attached hydrogen (secondary N) is 1. The number of fused-ring (bicyclic) bond motifs is 7. The smallest absolute Gasteiger partial charge is 0.259 e. The Bertz CT molecular complexity index is 1550. The van der Waals surface area contributed by atoms with E-state index in [0.717, 1.165) is 41.2 Å². The van der Waals surface area contributed by atoms with Crippen LogP contribution in [0.2, 0.25) is 0 Å². The molecule has 1 amide bonds. The van der Waals surface area contributed by atoms with Crippen LogP contribution in [0.3, 0.4) is 0 Å². The molecule has 3 aromatic heterocycles. The van der Waals surface area contributed by atoms with Gasteiger partial charge in [-0.15, -0.1) is 0 Å². The molecule has 1 fully saturated rings. The van der Waals surface area contributed by atoms with Crippen molar-refractivity contribution < 1.29 is 9.53 Å². The number of imidazole rings is 1. The number of halogens is 1. The summed E-state index contributed by atoms with van der Waals surface area (Å²) in [5, 5.41) is 7.55. The number of amides is 1. The minimum absolute atomic E-state index is 0.207. The predicted molar refractivity (Wildman–Crippen MR) is 140 cm³/mol. The van der Waals surface area contributed by atoms with Crippen LogP contribution in [0.1, 0.15) is 49.0 Å². The highest BCUT2D eigenvalue weighted by Gasteiger charge is 2.30. The average Bonchev–Trinajstić information content (AvgIpc) is 3.53. The molecule has 9 nitrogen and oxygen atoms in total. The molecule has 0 spiro atoms. The minimum Gasteiger partial charge on any atom is -0.477 e. The van der Waals surface area contributed by atoms with Crippen LogP contribution in [0.5, 0.6) is 5.88 Å². The highest BCUT2D eigenvalue weighted by Crippen LogP contribution is 2.41. The van der Waals surface area contributed by atoms with E-state index in [1.165, 1.54) is 4.57 Å². The van der Waals surface area contributed by atoms with Crippen molar-refractivity contribution in [3.63, 3.8) is 0 Å². The maximum absolute atomic E-state index is 13.5. The molecular weight excluding hydrogens is 524 g/mol. The maximum atomic E-state index is 13.5. The quantitative estimate of drug-likeness (QED) is 0.368. The topological polar surface area (TPSA) is 96.0 Å². The fourth-order valence-corrected chi connectivity index (χ4v) is 5.19. The SMILES string of the molecule is C[C@@H]1CCCOc2c(cnn2C2CC2)-c2cc(cn(C)c2=O)C(=O)Nc2nc3ccc(Br)cc3n2C1. The first-order valence-corrected chi connectivity index (χ1v) is 13.1. The molecule has 36 heavy (non-hydrogen) atoms. The van der Waals surface area contributed by atoms with Gasteiger partial charge in [-0.25, -0.2) is 9.67 Å². The maximum Gasteiger partial charge on any atom is 0.259 e. The van der Waals surface area contributed by atoms with Crippen molar-refractivity contribution in [2.45, 2.75) is 45.2 Å². The van der Waals surface area contributed by atoms with Crippen molar-refractivity contribution >= 4 is 38.8 Å². The first kappa shape index (κ1) is 23.0. The third-order valence-corrected chi connectivity index (χ3v) is 7.38. The Hall–Kier alpha value is -3.40. The number of anilines is 1. The molecule has 186 valence electrons. The Morgan fingerprint density at radius 2 is 1.97 bits per heavy atom. The predicted octanol–water partition coefficient (Wildman–Crippen LogP) is 4.76. The van der Waals surface area contributed by atoms with Gasteiger partial charge in [-0.05, 0) is 55.9 Å². The van der Waals surface area contributed by atoms with Crippen molar-refractivity contribution in [2.24, 2.45) is 13.0 Å². The summed E-state index contributed by atoms with van der Waals surface area (Å²) in [6, 6.07) is 7.83. The van der Waals surface area contributed by atoms with Crippen LogP contribution in [-0.4, -0.2) is 36.4 Å². The lowest BCUT2D eigenvalue weighted by Crippen LogP contribution is -2.23. The number of carbonyl (C=O) groups is 1. The molecule has 1 saturated carbocycles. The van der Waals surface area contributed by atoms with E-state index in [2.05, 4.69) is 37.8 Å². The number of hydrogen-bond donors (Lipinski definition) is 1. The second kappa shape index (κ2) is 8.92. The third-order valence-electron chi connectivity index (χ3n) is 6.89. The average molecular weight is 551 g/mol. The highest BCUT2D eigenvalue weighted by atomic mass is 79.9. The van der Waals surface area contributed by atoms with Crippen molar-refractivity contribution in [3.8, 4) is 17.0 Å². The first-order chi connectivity index (χ1) is 17.4. The number of pyridine rings is 1. The van der Waals surface area contributed by atoms with E-state index in [-0.39, 0.29) is 11.5 Å². The molecule has 1 atom stereocenters. The van der Waals surface area contributed by atoms with Crippen LogP contribution in [0, 0.1) is 5.92 Å². The summed E-state index contributed by atoms with van der Waals surface area (Å²) in [5.41, 5.74) is 2.93. The number of aryl methyl sites for hydroxylation is 1. The van der Waals surface area contributed by atoms with Crippen LogP contribution in [-0.2, 0) is 13.6 Å². The molecule has 1 aliphatic heterocycles. The summed E-state index contributed by atoms with van der Waals surface area (Å²) >= 11 is 3.56. The second-order valence-corrected chi connectivity index (χ2v) is 10.7. The van der Waals surface area contributed by atoms with Crippen LogP contribution < -0.4 is 15.6 Å². The van der Waals surface area contributed by atoms with E-state index in [4.69, 9.17) is 9.72 Å². The molecule has 2 aliphatic rings. The fraction of sp³-hybridized carbons (Fsp3) is 0.385. The van der Waals surface area contributed by atoms with E-state index in [1.807, 2.05) is 22.9 Å². The zero-order chi connectivity index (χ0) is 25.0. The van der Waals surface area contributed by atoms with E-state index in [0.29, 0.717) is 53.6 Å². The lowest BCUT2D eigenvalue weighted by molar-refractivity contribution is 0.102. The van der Waals surface area contributed by atoms with Gasteiger partial charge in [0, 0.05) is 24.3 Å². The van der Waals surface area contributed by atoms with Gasteiger partial charge in [0.05, 0.1) is 46.6 Å². The van der Waals surface area contributed by atoms with Crippen LogP contribution in [0.4, 0.5) is 5.95 Å². The van der Waals surface area contributed by atoms with E-state index < -0.39 is 0 Å². The molecule has 0 saturated heterocycles.